The molecule has 4 rings (SSSR count). The second-order valence-electron chi connectivity index (χ2n) is 7.76. The molecule has 9 nitrogen and oxygen atoms in total. The molecule has 1 aromatic carbocycles. The zero-order chi connectivity index (χ0) is 22.7. The van der Waals surface area contributed by atoms with Gasteiger partial charge in [0.05, 0.1) is 19.2 Å². The summed E-state index contributed by atoms with van der Waals surface area (Å²) in [5.74, 6) is 1.10. The Morgan fingerprint density at radius 1 is 1.16 bits per heavy atom. The minimum atomic E-state index is -0.366. The molecule has 1 fully saturated rings. The van der Waals surface area contributed by atoms with Gasteiger partial charge in [0.1, 0.15) is 17.3 Å². The first kappa shape index (κ1) is 21.8. The van der Waals surface area contributed by atoms with E-state index in [9.17, 15) is 9.59 Å². The minimum absolute atomic E-state index is 0.160. The molecule has 0 atom stereocenters. The number of aliphatic hydroxyl groups excluding tert-OH is 1. The molecule has 0 unspecified atom stereocenters. The summed E-state index contributed by atoms with van der Waals surface area (Å²) in [4.78, 5) is 34.5. The number of aromatic nitrogens is 2. The summed E-state index contributed by atoms with van der Waals surface area (Å²) in [5.41, 5.74) is 1.10. The third-order valence-electron chi connectivity index (χ3n) is 5.81. The third-order valence-corrected chi connectivity index (χ3v) is 5.81. The predicted octanol–water partition coefficient (Wildman–Crippen LogP) is 1.31. The Balaban J connectivity index is 1.56. The van der Waals surface area contributed by atoms with E-state index >= 15 is 0 Å². The van der Waals surface area contributed by atoms with Crippen LogP contribution in [0.4, 0.5) is 11.5 Å². The number of fused-ring (bicyclic) bond motifs is 1. The van der Waals surface area contributed by atoms with Gasteiger partial charge in [0.2, 0.25) is 0 Å². The van der Waals surface area contributed by atoms with Crippen molar-refractivity contribution in [2.75, 3.05) is 56.7 Å². The van der Waals surface area contributed by atoms with Crippen molar-refractivity contribution >= 4 is 28.3 Å². The van der Waals surface area contributed by atoms with Crippen molar-refractivity contribution in [3.8, 4) is 5.75 Å². The molecular weight excluding hydrogens is 410 g/mol. The topological polar surface area (TPSA) is 99.9 Å². The Labute approximate surface area is 185 Å². The molecule has 168 valence electrons. The van der Waals surface area contributed by atoms with E-state index in [2.05, 4.69) is 20.1 Å². The number of benzene rings is 1. The highest BCUT2D eigenvalue weighted by Crippen LogP contribution is 2.22. The molecule has 2 aromatic heterocycles. The van der Waals surface area contributed by atoms with Gasteiger partial charge in [-0.15, -0.1) is 0 Å². The van der Waals surface area contributed by atoms with E-state index < -0.39 is 0 Å². The van der Waals surface area contributed by atoms with Crippen molar-refractivity contribution in [2.24, 2.45) is 7.05 Å². The summed E-state index contributed by atoms with van der Waals surface area (Å²) in [5, 5.41) is 12.6. The summed E-state index contributed by atoms with van der Waals surface area (Å²) in [7, 11) is 3.25. The predicted molar refractivity (Wildman–Crippen MR) is 124 cm³/mol. The first-order valence-corrected chi connectivity index (χ1v) is 10.5. The summed E-state index contributed by atoms with van der Waals surface area (Å²) in [6, 6.07) is 10.3. The number of anilines is 2. The van der Waals surface area contributed by atoms with Gasteiger partial charge in [-0.1, -0.05) is 0 Å². The molecule has 0 saturated carbocycles. The average molecular weight is 438 g/mol. The number of nitrogens with one attached hydrogen (secondary N) is 1. The number of aliphatic hydroxyl groups is 1. The fourth-order valence-electron chi connectivity index (χ4n) is 3.90. The summed E-state index contributed by atoms with van der Waals surface area (Å²) in [6.07, 6.45) is 1.73. The highest BCUT2D eigenvalue weighted by Gasteiger charge is 2.19. The van der Waals surface area contributed by atoms with Crippen LogP contribution >= 0.6 is 0 Å². The fraction of sp³-hybridized carbons (Fsp3) is 0.348. The van der Waals surface area contributed by atoms with Crippen molar-refractivity contribution in [1.29, 1.82) is 0 Å². The lowest BCUT2D eigenvalue weighted by molar-refractivity contribution is 0.102. The molecule has 0 bridgehead atoms. The normalized spacial score (nSPS) is 14.5. The van der Waals surface area contributed by atoms with E-state index in [1.807, 2.05) is 6.07 Å². The maximum absolute atomic E-state index is 12.9. The van der Waals surface area contributed by atoms with E-state index in [0.29, 0.717) is 17.9 Å². The molecule has 9 heteroatoms. The van der Waals surface area contributed by atoms with Gasteiger partial charge in [-0.3, -0.25) is 14.5 Å². The number of rotatable bonds is 6. The summed E-state index contributed by atoms with van der Waals surface area (Å²) < 4.78 is 6.65. The lowest BCUT2D eigenvalue weighted by Gasteiger charge is -2.35. The SMILES string of the molecule is COc1ccc(C(=O)Nc2cc3cnc(N4CCN(CCO)CC4)cc3n(C)c2=O)cc1. The molecule has 0 spiro atoms. The molecule has 3 heterocycles. The number of β-amino-alcohol motifs (C(OH)–C–C–N with tert-alkyl or cyclic N) is 1. The van der Waals surface area contributed by atoms with Gasteiger partial charge in [0.25, 0.3) is 11.5 Å². The average Bonchev–Trinajstić information content (AvgIpc) is 2.83. The zero-order valence-electron chi connectivity index (χ0n) is 18.2. The van der Waals surface area contributed by atoms with Crippen LogP contribution in [0.3, 0.4) is 0 Å². The summed E-state index contributed by atoms with van der Waals surface area (Å²) >= 11 is 0. The number of hydrogen-bond donors (Lipinski definition) is 2. The first-order valence-electron chi connectivity index (χ1n) is 10.5. The Kier molecular flexibility index (Phi) is 6.38. The number of carbonyl (C=O) groups is 1. The molecule has 32 heavy (non-hydrogen) atoms. The van der Waals surface area contributed by atoms with Gasteiger partial charge < -0.3 is 24.6 Å². The van der Waals surface area contributed by atoms with Gasteiger partial charge in [-0.25, -0.2) is 4.98 Å². The van der Waals surface area contributed by atoms with Gasteiger partial charge in [0.15, 0.2) is 0 Å². The quantitative estimate of drug-likeness (QED) is 0.600. The molecule has 0 radical (unpaired) electrons. The number of carbonyl (C=O) groups excluding carboxylic acids is 1. The molecule has 1 amide bonds. The second-order valence-corrected chi connectivity index (χ2v) is 7.76. The molecule has 1 saturated heterocycles. The molecule has 0 aliphatic carbocycles. The number of ether oxygens (including phenoxy) is 1. The summed E-state index contributed by atoms with van der Waals surface area (Å²) in [6.45, 7) is 4.17. The largest absolute Gasteiger partial charge is 0.497 e. The van der Waals surface area contributed by atoms with E-state index in [-0.39, 0.29) is 23.8 Å². The van der Waals surface area contributed by atoms with Crippen molar-refractivity contribution in [1.82, 2.24) is 14.5 Å². The number of pyridine rings is 2. The van der Waals surface area contributed by atoms with Crippen LogP contribution in [0, 0.1) is 0 Å². The fourth-order valence-corrected chi connectivity index (χ4v) is 3.90. The van der Waals surface area contributed by atoms with Crippen LogP contribution in [-0.4, -0.2) is 71.9 Å². The van der Waals surface area contributed by atoms with Crippen LogP contribution in [0.2, 0.25) is 0 Å². The molecule has 1 aliphatic rings. The van der Waals surface area contributed by atoms with Crippen molar-refractivity contribution < 1.29 is 14.6 Å². The maximum Gasteiger partial charge on any atom is 0.274 e. The van der Waals surface area contributed by atoms with Crippen LogP contribution < -0.4 is 20.5 Å². The second kappa shape index (κ2) is 9.37. The number of aryl methyl sites for hydroxylation is 1. The van der Waals surface area contributed by atoms with E-state index in [0.717, 1.165) is 42.9 Å². The number of nitrogens with zero attached hydrogens (tertiary/aromatic N) is 4. The van der Waals surface area contributed by atoms with Gasteiger partial charge in [-0.2, -0.15) is 0 Å². The lowest BCUT2D eigenvalue weighted by atomic mass is 10.2. The lowest BCUT2D eigenvalue weighted by Crippen LogP contribution is -2.47. The number of hydrogen-bond acceptors (Lipinski definition) is 7. The monoisotopic (exact) mass is 437 g/mol. The standard InChI is InChI=1S/C23H27N5O4/c1-26-20-14-21(28-9-7-27(8-10-28)11-12-29)24-15-17(20)13-19(23(26)31)25-22(30)16-3-5-18(32-2)6-4-16/h3-6,13-15,29H,7-12H2,1-2H3,(H,25,30). The van der Waals surface area contributed by atoms with Gasteiger partial charge in [0, 0.05) is 63.0 Å². The van der Waals surface area contributed by atoms with Crippen LogP contribution in [0.1, 0.15) is 10.4 Å². The third kappa shape index (κ3) is 4.44. The molecule has 2 N–H and O–H groups in total. The van der Waals surface area contributed by atoms with Crippen LogP contribution in [0.25, 0.3) is 10.9 Å². The van der Waals surface area contributed by atoms with Crippen LogP contribution in [0.5, 0.6) is 5.75 Å². The molecular formula is C23H27N5O4. The zero-order valence-corrected chi connectivity index (χ0v) is 18.2. The van der Waals surface area contributed by atoms with E-state index in [4.69, 9.17) is 9.84 Å². The highest BCUT2D eigenvalue weighted by molar-refractivity contribution is 6.05. The van der Waals surface area contributed by atoms with E-state index in [1.54, 1.807) is 50.7 Å². The number of piperazine rings is 1. The Hall–Kier alpha value is -3.43. The van der Waals surface area contributed by atoms with Crippen LogP contribution in [-0.2, 0) is 7.05 Å². The van der Waals surface area contributed by atoms with Gasteiger partial charge >= 0.3 is 0 Å². The molecule has 3 aromatic rings. The van der Waals surface area contributed by atoms with E-state index in [1.165, 1.54) is 4.57 Å². The van der Waals surface area contributed by atoms with Crippen molar-refractivity contribution in [2.45, 2.75) is 0 Å². The number of amides is 1. The van der Waals surface area contributed by atoms with Crippen LogP contribution in [0.15, 0.2) is 47.4 Å². The molecule has 1 aliphatic heterocycles. The Bertz CT molecular complexity index is 1170. The Morgan fingerprint density at radius 2 is 1.88 bits per heavy atom. The number of methoxy groups -OCH3 is 1. The minimum Gasteiger partial charge on any atom is -0.497 e. The van der Waals surface area contributed by atoms with Crippen molar-refractivity contribution in [3.63, 3.8) is 0 Å². The Morgan fingerprint density at radius 3 is 2.53 bits per heavy atom. The maximum atomic E-state index is 12.9. The van der Waals surface area contributed by atoms with Crippen molar-refractivity contribution in [3.05, 3.63) is 58.5 Å². The van der Waals surface area contributed by atoms with Gasteiger partial charge in [-0.05, 0) is 30.3 Å². The smallest absolute Gasteiger partial charge is 0.274 e. The first-order chi connectivity index (χ1) is 15.5. The highest BCUT2D eigenvalue weighted by atomic mass is 16.5.